The predicted octanol–water partition coefficient (Wildman–Crippen LogP) is 26.5. The zero-order chi connectivity index (χ0) is 77.9. The number of esters is 4. The van der Waals surface area contributed by atoms with Crippen molar-refractivity contribution in [2.45, 2.75) is 478 Å². The molecule has 0 aliphatic heterocycles. The summed E-state index contributed by atoms with van der Waals surface area (Å²) >= 11 is 0. The summed E-state index contributed by atoms with van der Waals surface area (Å²) in [6, 6.07) is 0. The van der Waals surface area contributed by atoms with Crippen LogP contribution >= 0.6 is 15.6 Å². The lowest BCUT2D eigenvalue weighted by atomic mass is 10.0. The zero-order valence-electron chi connectivity index (χ0n) is 69.9. The number of phosphoric ester groups is 2. The Labute approximate surface area is 651 Å². The minimum absolute atomic E-state index is 0.107. The van der Waals surface area contributed by atoms with Crippen molar-refractivity contribution in [3.63, 3.8) is 0 Å². The molecule has 0 fully saturated rings. The largest absolute Gasteiger partial charge is 0.472 e. The maximum absolute atomic E-state index is 13.2. The van der Waals surface area contributed by atoms with Crippen molar-refractivity contribution in [2.75, 3.05) is 39.6 Å². The fraction of sp³-hybridized carbons (Fsp3) is 0.954. The molecule has 0 aliphatic rings. The van der Waals surface area contributed by atoms with Gasteiger partial charge in [-0.25, -0.2) is 9.13 Å². The molecule has 19 heteroatoms. The van der Waals surface area contributed by atoms with E-state index in [0.717, 1.165) is 108 Å². The normalized spacial score (nSPS) is 13.9. The number of rotatable bonds is 85. The number of hydrogen-bond donors (Lipinski definition) is 3. The standard InChI is InChI=1S/C87H170O17P2/c1-8-9-10-11-12-13-14-15-16-17-18-19-20-25-31-36-41-48-56-63-70-86(91)103-82(74-97-84(89)68-61-54-47-40-35-30-24-22-21-23-28-33-38-44-51-58-65-78(2)3)76-101-105(93,94)99-72-81(88)73-100-106(95,96)102-77-83(75-98-85(90)69-62-55-50-43-46-53-60-67-80(6)7)104-87(92)71-64-57-49-42-37-32-27-26-29-34-39-45-52-59-66-79(4)5/h78-83,88H,8-77H2,1-7H3,(H,93,94)(H,95,96)/t81-,82-,83-/m1/s1. The maximum Gasteiger partial charge on any atom is 0.472 e. The fourth-order valence-corrected chi connectivity index (χ4v) is 15.1. The van der Waals surface area contributed by atoms with Gasteiger partial charge in [-0.15, -0.1) is 0 Å². The molecular weight excluding hydrogens is 1380 g/mol. The Hall–Kier alpha value is -1.94. The third-order valence-electron chi connectivity index (χ3n) is 20.4. The summed E-state index contributed by atoms with van der Waals surface area (Å²) in [6.45, 7) is 12.0. The Bertz CT molecular complexity index is 2040. The Morgan fingerprint density at radius 2 is 0.434 bits per heavy atom. The summed E-state index contributed by atoms with van der Waals surface area (Å²) in [4.78, 5) is 73.2. The van der Waals surface area contributed by atoms with Gasteiger partial charge in [-0.2, -0.15) is 0 Å². The molecule has 0 aromatic heterocycles. The van der Waals surface area contributed by atoms with Crippen LogP contribution in [0.3, 0.4) is 0 Å². The predicted molar refractivity (Wildman–Crippen MR) is 437 cm³/mol. The maximum atomic E-state index is 13.2. The van der Waals surface area contributed by atoms with Crippen LogP contribution in [0.25, 0.3) is 0 Å². The van der Waals surface area contributed by atoms with Gasteiger partial charge in [0.1, 0.15) is 19.3 Å². The molecule has 0 aromatic carbocycles. The second-order valence-corrected chi connectivity index (χ2v) is 35.6. The quantitative estimate of drug-likeness (QED) is 0.0222. The lowest BCUT2D eigenvalue weighted by Crippen LogP contribution is -2.30. The van der Waals surface area contributed by atoms with Crippen LogP contribution in [0.1, 0.15) is 459 Å². The van der Waals surface area contributed by atoms with Crippen molar-refractivity contribution in [3.05, 3.63) is 0 Å². The van der Waals surface area contributed by atoms with Crippen LogP contribution in [0.5, 0.6) is 0 Å². The van der Waals surface area contributed by atoms with E-state index < -0.39 is 97.5 Å². The van der Waals surface area contributed by atoms with Crippen molar-refractivity contribution >= 4 is 39.5 Å². The first-order valence-corrected chi connectivity index (χ1v) is 47.8. The van der Waals surface area contributed by atoms with Crippen LogP contribution in [-0.2, 0) is 65.4 Å². The number of unbranched alkanes of at least 4 members (excludes halogenated alkanes) is 53. The van der Waals surface area contributed by atoms with Crippen LogP contribution in [0.2, 0.25) is 0 Å². The number of aliphatic hydroxyl groups is 1. The molecule has 17 nitrogen and oxygen atoms in total. The summed E-state index contributed by atoms with van der Waals surface area (Å²) in [5, 5.41) is 10.7. The third-order valence-corrected chi connectivity index (χ3v) is 22.3. The summed E-state index contributed by atoms with van der Waals surface area (Å²) in [5.74, 6) is 0.208. The van der Waals surface area contributed by atoms with Gasteiger partial charge in [-0.1, -0.05) is 408 Å². The highest BCUT2D eigenvalue weighted by atomic mass is 31.2. The SMILES string of the molecule is CCCCCCCCCCCCCCCCCCCCCCC(=O)O[C@H](COC(=O)CCCCCCCCCCCCCCCCCCC(C)C)COP(=O)(O)OC[C@@H](O)COP(=O)(O)OC[C@@H](COC(=O)CCCCCCCCCC(C)C)OC(=O)CCCCCCCCCCCCCCCCC(C)C. The van der Waals surface area contributed by atoms with Crippen LogP contribution in [0.4, 0.5) is 0 Å². The van der Waals surface area contributed by atoms with Gasteiger partial charge in [-0.05, 0) is 43.4 Å². The van der Waals surface area contributed by atoms with Crippen molar-refractivity contribution in [1.82, 2.24) is 0 Å². The molecule has 0 amide bonds. The minimum atomic E-state index is -4.97. The monoisotopic (exact) mass is 1550 g/mol. The number of hydrogen-bond acceptors (Lipinski definition) is 15. The van der Waals surface area contributed by atoms with E-state index in [2.05, 4.69) is 48.5 Å². The Morgan fingerprint density at radius 1 is 0.255 bits per heavy atom. The molecule has 0 aliphatic carbocycles. The van der Waals surface area contributed by atoms with E-state index >= 15 is 0 Å². The minimum Gasteiger partial charge on any atom is -0.462 e. The molecule has 630 valence electrons. The lowest BCUT2D eigenvalue weighted by Gasteiger charge is -2.21. The average molecular weight is 1550 g/mol. The molecule has 5 atom stereocenters. The second-order valence-electron chi connectivity index (χ2n) is 32.7. The molecule has 0 heterocycles. The van der Waals surface area contributed by atoms with Gasteiger partial charge < -0.3 is 33.8 Å². The lowest BCUT2D eigenvalue weighted by molar-refractivity contribution is -0.161. The summed E-state index contributed by atoms with van der Waals surface area (Å²) in [7, 11) is -9.93. The van der Waals surface area contributed by atoms with E-state index in [9.17, 15) is 43.2 Å². The van der Waals surface area contributed by atoms with Crippen LogP contribution in [0, 0.1) is 17.8 Å². The first kappa shape index (κ1) is 104. The van der Waals surface area contributed by atoms with E-state index in [4.69, 9.17) is 37.0 Å². The van der Waals surface area contributed by atoms with E-state index in [0.29, 0.717) is 31.6 Å². The molecule has 0 saturated carbocycles. The van der Waals surface area contributed by atoms with Gasteiger partial charge in [0.15, 0.2) is 12.2 Å². The summed E-state index contributed by atoms with van der Waals surface area (Å²) in [5.41, 5.74) is 0. The Morgan fingerprint density at radius 3 is 0.642 bits per heavy atom. The van der Waals surface area contributed by atoms with Gasteiger partial charge in [0.05, 0.1) is 26.4 Å². The van der Waals surface area contributed by atoms with Gasteiger partial charge in [0, 0.05) is 25.7 Å². The zero-order valence-corrected chi connectivity index (χ0v) is 71.7. The first-order chi connectivity index (χ1) is 51.2. The van der Waals surface area contributed by atoms with Gasteiger partial charge in [0.25, 0.3) is 0 Å². The highest BCUT2D eigenvalue weighted by molar-refractivity contribution is 7.47. The number of aliphatic hydroxyl groups excluding tert-OH is 1. The van der Waals surface area contributed by atoms with E-state index in [1.807, 2.05) is 0 Å². The van der Waals surface area contributed by atoms with E-state index in [-0.39, 0.29) is 25.7 Å². The van der Waals surface area contributed by atoms with Crippen LogP contribution in [0.15, 0.2) is 0 Å². The average Bonchev–Trinajstić information content (AvgIpc) is 0.902. The molecule has 0 saturated heterocycles. The molecule has 2 unspecified atom stereocenters. The fourth-order valence-electron chi connectivity index (χ4n) is 13.5. The summed E-state index contributed by atoms with van der Waals surface area (Å²) < 4.78 is 68.9. The van der Waals surface area contributed by atoms with Crippen molar-refractivity contribution < 1.29 is 80.2 Å². The number of carbonyl (C=O) groups is 4. The molecule has 0 radical (unpaired) electrons. The highest BCUT2D eigenvalue weighted by Crippen LogP contribution is 2.45. The molecule has 3 N–H and O–H groups in total. The Kier molecular flexibility index (Phi) is 75.6. The Balaban J connectivity index is 5.23. The van der Waals surface area contributed by atoms with Gasteiger partial charge >= 0.3 is 39.5 Å². The molecular formula is C87H170O17P2. The first-order valence-electron chi connectivity index (χ1n) is 44.8. The number of carbonyl (C=O) groups excluding carboxylic acids is 4. The molecule has 0 spiro atoms. The van der Waals surface area contributed by atoms with Crippen molar-refractivity contribution in [3.8, 4) is 0 Å². The molecule has 106 heavy (non-hydrogen) atoms. The number of phosphoric acid groups is 2. The van der Waals surface area contributed by atoms with Crippen LogP contribution < -0.4 is 0 Å². The van der Waals surface area contributed by atoms with Gasteiger partial charge in [-0.3, -0.25) is 37.3 Å². The second kappa shape index (κ2) is 77.0. The van der Waals surface area contributed by atoms with Crippen LogP contribution in [-0.4, -0.2) is 96.7 Å². The molecule has 0 bridgehead atoms. The highest BCUT2D eigenvalue weighted by Gasteiger charge is 2.30. The van der Waals surface area contributed by atoms with Crippen molar-refractivity contribution in [2.24, 2.45) is 17.8 Å². The van der Waals surface area contributed by atoms with E-state index in [1.165, 1.54) is 263 Å². The molecule has 0 rings (SSSR count). The molecule has 0 aromatic rings. The van der Waals surface area contributed by atoms with Gasteiger partial charge in [0.2, 0.25) is 0 Å². The smallest absolute Gasteiger partial charge is 0.462 e. The number of ether oxygens (including phenoxy) is 4. The summed E-state index contributed by atoms with van der Waals surface area (Å²) in [6.07, 6.45) is 68.2. The van der Waals surface area contributed by atoms with E-state index in [1.54, 1.807) is 0 Å². The van der Waals surface area contributed by atoms with Crippen molar-refractivity contribution in [1.29, 1.82) is 0 Å². The topological polar surface area (TPSA) is 237 Å². The third kappa shape index (κ3) is 80.1.